The van der Waals surface area contributed by atoms with Crippen molar-refractivity contribution in [3.8, 4) is 11.1 Å². The number of nitrogens with zero attached hydrogens (tertiary/aromatic N) is 1. The minimum Gasteiger partial charge on any atom is -0.231 e. The van der Waals surface area contributed by atoms with Crippen LogP contribution in [0.15, 0.2) is 36.4 Å². The second kappa shape index (κ2) is 5.22. The maximum Gasteiger partial charge on any atom is 0.433 e. The summed E-state index contributed by atoms with van der Waals surface area (Å²) in [5, 5.41) is -0.510. The van der Waals surface area contributed by atoms with Crippen molar-refractivity contribution in [2.75, 3.05) is 0 Å². The highest BCUT2D eigenvalue weighted by atomic mass is 35.5. The molecule has 0 aliphatic heterocycles. The van der Waals surface area contributed by atoms with Gasteiger partial charge in [-0.15, -0.1) is 0 Å². The van der Waals surface area contributed by atoms with Crippen LogP contribution in [0.1, 0.15) is 11.3 Å². The molecule has 0 unspecified atom stereocenters. The fourth-order valence-corrected chi connectivity index (χ4v) is 1.93. The first kappa shape index (κ1) is 15.6. The van der Waals surface area contributed by atoms with Crippen LogP contribution in [0.3, 0.4) is 0 Å². The van der Waals surface area contributed by atoms with E-state index in [1.165, 1.54) is 6.07 Å². The zero-order chi connectivity index (χ0) is 15.8. The fourth-order valence-electron chi connectivity index (χ4n) is 1.67. The van der Waals surface area contributed by atoms with Crippen LogP contribution in [0, 0.1) is 0 Å². The predicted octanol–water partition coefficient (Wildman–Crippen LogP) is 5.44. The van der Waals surface area contributed by atoms with Gasteiger partial charge in [-0.3, -0.25) is 0 Å². The topological polar surface area (TPSA) is 12.9 Å². The van der Waals surface area contributed by atoms with Crippen LogP contribution in [0.2, 0.25) is 5.15 Å². The maximum atomic E-state index is 12.6. The Morgan fingerprint density at radius 2 is 1.52 bits per heavy atom. The number of rotatable bonds is 1. The van der Waals surface area contributed by atoms with Crippen LogP contribution >= 0.6 is 11.6 Å². The van der Waals surface area contributed by atoms with E-state index in [0.29, 0.717) is 6.07 Å². The van der Waals surface area contributed by atoms with Crippen LogP contribution in [-0.4, -0.2) is 4.98 Å². The molecular weight excluding hydrogens is 320 g/mol. The van der Waals surface area contributed by atoms with Gasteiger partial charge in [-0.25, -0.2) is 4.98 Å². The summed E-state index contributed by atoms with van der Waals surface area (Å²) in [7, 11) is 0. The highest BCUT2D eigenvalue weighted by molar-refractivity contribution is 6.32. The molecular formula is C13H6ClF6N. The Morgan fingerprint density at radius 1 is 0.857 bits per heavy atom. The average molecular weight is 326 g/mol. The van der Waals surface area contributed by atoms with E-state index in [2.05, 4.69) is 4.98 Å². The second-order valence-electron chi connectivity index (χ2n) is 4.11. The standard InChI is InChI=1S/C13H6ClF6N/c14-11-9(4-5-10(21-11)13(18,19)20)7-2-1-3-8(6-7)12(15,16)17/h1-6H. The second-order valence-corrected chi connectivity index (χ2v) is 4.47. The molecule has 1 aromatic carbocycles. The van der Waals surface area contributed by atoms with E-state index in [0.717, 1.165) is 24.3 Å². The summed E-state index contributed by atoms with van der Waals surface area (Å²) in [5.74, 6) is 0. The Balaban J connectivity index is 2.48. The lowest BCUT2D eigenvalue weighted by atomic mass is 10.0. The number of aromatic nitrogens is 1. The van der Waals surface area contributed by atoms with Gasteiger partial charge in [-0.05, 0) is 29.8 Å². The highest BCUT2D eigenvalue weighted by Gasteiger charge is 2.33. The Kier molecular flexibility index (Phi) is 3.88. The molecule has 0 amide bonds. The Hall–Kier alpha value is -1.76. The summed E-state index contributed by atoms with van der Waals surface area (Å²) in [5.41, 5.74) is -2.09. The monoisotopic (exact) mass is 325 g/mol. The van der Waals surface area contributed by atoms with E-state index >= 15 is 0 Å². The molecule has 1 nitrogen and oxygen atoms in total. The molecule has 0 saturated carbocycles. The summed E-state index contributed by atoms with van der Waals surface area (Å²) in [6.07, 6.45) is -9.22. The van der Waals surface area contributed by atoms with E-state index in [1.807, 2.05) is 0 Å². The minimum absolute atomic E-state index is 0.00392. The van der Waals surface area contributed by atoms with Crippen LogP contribution in [0.4, 0.5) is 26.3 Å². The Bertz CT molecular complexity index is 662. The third kappa shape index (κ3) is 3.47. The molecule has 1 aromatic heterocycles. The van der Waals surface area contributed by atoms with E-state index in [9.17, 15) is 26.3 Å². The molecule has 2 rings (SSSR count). The van der Waals surface area contributed by atoms with Crippen molar-refractivity contribution in [2.24, 2.45) is 0 Å². The SMILES string of the molecule is FC(F)(F)c1cccc(-c2ccc(C(F)(F)F)nc2Cl)c1. The molecule has 0 bridgehead atoms. The van der Waals surface area contributed by atoms with Crippen molar-refractivity contribution >= 4 is 11.6 Å². The lowest BCUT2D eigenvalue weighted by Gasteiger charge is -2.11. The smallest absolute Gasteiger partial charge is 0.231 e. The number of hydrogen-bond acceptors (Lipinski definition) is 1. The summed E-state index contributed by atoms with van der Waals surface area (Å²) < 4.78 is 75.2. The van der Waals surface area contributed by atoms with Crippen molar-refractivity contribution in [1.82, 2.24) is 4.98 Å². The van der Waals surface area contributed by atoms with Gasteiger partial charge in [0.15, 0.2) is 0 Å². The first-order chi connectivity index (χ1) is 9.59. The molecule has 0 radical (unpaired) electrons. The van der Waals surface area contributed by atoms with E-state index < -0.39 is 28.8 Å². The van der Waals surface area contributed by atoms with Gasteiger partial charge in [-0.1, -0.05) is 23.7 Å². The summed E-state index contributed by atoms with van der Waals surface area (Å²) in [6.45, 7) is 0. The molecule has 1 heterocycles. The van der Waals surface area contributed by atoms with Gasteiger partial charge in [0.2, 0.25) is 0 Å². The zero-order valence-corrected chi connectivity index (χ0v) is 10.8. The van der Waals surface area contributed by atoms with E-state index in [-0.39, 0.29) is 11.1 Å². The van der Waals surface area contributed by atoms with Gasteiger partial charge in [0.05, 0.1) is 5.56 Å². The van der Waals surface area contributed by atoms with Crippen molar-refractivity contribution < 1.29 is 26.3 Å². The van der Waals surface area contributed by atoms with Crippen LogP contribution < -0.4 is 0 Å². The number of halogens is 7. The van der Waals surface area contributed by atoms with Gasteiger partial charge in [0.1, 0.15) is 10.8 Å². The van der Waals surface area contributed by atoms with Crippen molar-refractivity contribution in [2.45, 2.75) is 12.4 Å². The lowest BCUT2D eigenvalue weighted by molar-refractivity contribution is -0.141. The van der Waals surface area contributed by atoms with Gasteiger partial charge in [-0.2, -0.15) is 26.3 Å². The first-order valence-electron chi connectivity index (χ1n) is 5.50. The molecule has 8 heteroatoms. The van der Waals surface area contributed by atoms with Crippen LogP contribution in [0.25, 0.3) is 11.1 Å². The third-order valence-electron chi connectivity index (χ3n) is 2.64. The molecule has 112 valence electrons. The number of hydrogen-bond donors (Lipinski definition) is 0. The van der Waals surface area contributed by atoms with Crippen molar-refractivity contribution in [1.29, 1.82) is 0 Å². The first-order valence-corrected chi connectivity index (χ1v) is 5.88. The highest BCUT2D eigenvalue weighted by Crippen LogP contribution is 2.35. The number of pyridine rings is 1. The van der Waals surface area contributed by atoms with Crippen LogP contribution in [-0.2, 0) is 12.4 Å². The summed E-state index contributed by atoms with van der Waals surface area (Å²) >= 11 is 5.64. The maximum absolute atomic E-state index is 12.6. The minimum atomic E-state index is -4.67. The Labute approximate surface area is 120 Å². The molecule has 0 N–H and O–H groups in total. The normalized spacial score (nSPS) is 12.5. The van der Waals surface area contributed by atoms with Crippen molar-refractivity contribution in [3.63, 3.8) is 0 Å². The van der Waals surface area contributed by atoms with Gasteiger partial charge >= 0.3 is 12.4 Å². The van der Waals surface area contributed by atoms with E-state index in [4.69, 9.17) is 11.6 Å². The molecule has 0 spiro atoms. The van der Waals surface area contributed by atoms with Crippen LogP contribution in [0.5, 0.6) is 0 Å². The predicted molar refractivity (Wildman–Crippen MR) is 64.7 cm³/mol. The fraction of sp³-hybridized carbons (Fsp3) is 0.154. The van der Waals surface area contributed by atoms with E-state index in [1.54, 1.807) is 0 Å². The largest absolute Gasteiger partial charge is 0.433 e. The molecule has 21 heavy (non-hydrogen) atoms. The lowest BCUT2D eigenvalue weighted by Crippen LogP contribution is -2.08. The Morgan fingerprint density at radius 3 is 2.05 bits per heavy atom. The quantitative estimate of drug-likeness (QED) is 0.502. The number of alkyl halides is 6. The third-order valence-corrected chi connectivity index (χ3v) is 2.93. The molecule has 2 aromatic rings. The summed E-state index contributed by atoms with van der Waals surface area (Å²) in [4.78, 5) is 3.17. The van der Waals surface area contributed by atoms with Crippen molar-refractivity contribution in [3.05, 3.63) is 52.8 Å². The molecule has 0 aliphatic carbocycles. The molecule has 0 fully saturated rings. The zero-order valence-electron chi connectivity index (χ0n) is 10.1. The summed E-state index contributed by atoms with van der Waals surface area (Å²) in [6, 6.07) is 5.78. The molecule has 0 atom stereocenters. The van der Waals surface area contributed by atoms with Gasteiger partial charge < -0.3 is 0 Å². The van der Waals surface area contributed by atoms with Gasteiger partial charge in [0.25, 0.3) is 0 Å². The number of benzene rings is 1. The van der Waals surface area contributed by atoms with Gasteiger partial charge in [0, 0.05) is 5.56 Å². The molecule has 0 saturated heterocycles. The average Bonchev–Trinajstić information content (AvgIpc) is 2.36. The molecule has 0 aliphatic rings.